The second kappa shape index (κ2) is 9.41. The van der Waals surface area contributed by atoms with E-state index in [9.17, 15) is 9.59 Å². The third kappa shape index (κ3) is 5.57. The summed E-state index contributed by atoms with van der Waals surface area (Å²) in [6, 6.07) is 13.2. The van der Waals surface area contributed by atoms with Gasteiger partial charge in [0.2, 0.25) is 0 Å². The Morgan fingerprint density at radius 1 is 0.968 bits per heavy atom. The molecule has 1 aliphatic rings. The highest BCUT2D eigenvalue weighted by molar-refractivity contribution is 5.94. The number of hydrogen-bond acceptors (Lipinski definition) is 4. The Balaban J connectivity index is 1.56. The SMILES string of the molecule is COc1cccc(C(=O)N2CCN(C(=O)COc3ccc(C)cc3C(C)(C)C)CC2)c1. The van der Waals surface area contributed by atoms with Crippen molar-refractivity contribution in [2.45, 2.75) is 33.1 Å². The van der Waals surface area contributed by atoms with E-state index in [1.807, 2.05) is 18.2 Å². The van der Waals surface area contributed by atoms with Crippen molar-refractivity contribution in [2.24, 2.45) is 0 Å². The molecule has 0 atom stereocenters. The molecule has 1 saturated heterocycles. The fraction of sp³-hybridized carbons (Fsp3) is 0.440. The van der Waals surface area contributed by atoms with E-state index in [0.29, 0.717) is 37.5 Å². The van der Waals surface area contributed by atoms with Crippen molar-refractivity contribution in [3.05, 3.63) is 59.2 Å². The van der Waals surface area contributed by atoms with Gasteiger partial charge in [0.15, 0.2) is 6.61 Å². The summed E-state index contributed by atoms with van der Waals surface area (Å²) in [6.45, 7) is 10.4. The molecule has 0 N–H and O–H groups in total. The first-order chi connectivity index (χ1) is 14.7. The number of ether oxygens (including phenoxy) is 2. The maximum absolute atomic E-state index is 12.8. The van der Waals surface area contributed by atoms with Gasteiger partial charge in [-0.25, -0.2) is 0 Å². The maximum atomic E-state index is 12.8. The summed E-state index contributed by atoms with van der Waals surface area (Å²) in [7, 11) is 1.58. The van der Waals surface area contributed by atoms with E-state index in [4.69, 9.17) is 9.47 Å². The molecular formula is C25H32N2O4. The van der Waals surface area contributed by atoms with E-state index in [-0.39, 0.29) is 23.8 Å². The Bertz CT molecular complexity index is 941. The van der Waals surface area contributed by atoms with Crippen LogP contribution in [0.3, 0.4) is 0 Å². The number of carbonyl (C=O) groups is 2. The third-order valence-electron chi connectivity index (χ3n) is 5.53. The minimum Gasteiger partial charge on any atom is -0.497 e. The van der Waals surface area contributed by atoms with Gasteiger partial charge in [-0.2, -0.15) is 0 Å². The lowest BCUT2D eigenvalue weighted by Gasteiger charge is -2.35. The van der Waals surface area contributed by atoms with Gasteiger partial charge < -0.3 is 19.3 Å². The van der Waals surface area contributed by atoms with Crippen LogP contribution in [0.4, 0.5) is 0 Å². The van der Waals surface area contributed by atoms with Crippen LogP contribution < -0.4 is 9.47 Å². The number of methoxy groups -OCH3 is 1. The molecule has 0 radical (unpaired) electrons. The molecule has 1 fully saturated rings. The first-order valence-electron chi connectivity index (χ1n) is 10.6. The number of hydrogen-bond donors (Lipinski definition) is 0. The normalized spacial score (nSPS) is 14.4. The molecule has 6 heteroatoms. The Hall–Kier alpha value is -3.02. The lowest BCUT2D eigenvalue weighted by molar-refractivity contribution is -0.134. The number of rotatable bonds is 5. The second-order valence-corrected chi connectivity index (χ2v) is 8.94. The minimum atomic E-state index is -0.0729. The molecule has 0 aromatic heterocycles. The van der Waals surface area contributed by atoms with Crippen molar-refractivity contribution < 1.29 is 19.1 Å². The first kappa shape index (κ1) is 22.7. The Morgan fingerprint density at radius 2 is 1.65 bits per heavy atom. The summed E-state index contributed by atoms with van der Waals surface area (Å²) in [6.07, 6.45) is 0. The molecule has 31 heavy (non-hydrogen) atoms. The molecule has 0 aliphatic carbocycles. The highest BCUT2D eigenvalue weighted by atomic mass is 16.5. The molecule has 166 valence electrons. The first-order valence-corrected chi connectivity index (χ1v) is 10.6. The number of nitrogens with zero attached hydrogens (tertiary/aromatic N) is 2. The summed E-state index contributed by atoms with van der Waals surface area (Å²) in [5.74, 6) is 1.30. The summed E-state index contributed by atoms with van der Waals surface area (Å²) in [4.78, 5) is 29.0. The molecule has 2 aromatic rings. The van der Waals surface area contributed by atoms with Crippen LogP contribution in [0.1, 0.15) is 42.3 Å². The fourth-order valence-corrected chi connectivity index (χ4v) is 3.68. The van der Waals surface area contributed by atoms with Gasteiger partial charge in [0.05, 0.1) is 7.11 Å². The summed E-state index contributed by atoms with van der Waals surface area (Å²) in [5, 5.41) is 0. The molecule has 6 nitrogen and oxygen atoms in total. The maximum Gasteiger partial charge on any atom is 0.260 e. The van der Waals surface area contributed by atoms with E-state index >= 15 is 0 Å². The van der Waals surface area contributed by atoms with Crippen LogP contribution >= 0.6 is 0 Å². The van der Waals surface area contributed by atoms with Gasteiger partial charge >= 0.3 is 0 Å². The predicted molar refractivity (Wildman–Crippen MR) is 121 cm³/mol. The molecule has 0 spiro atoms. The van der Waals surface area contributed by atoms with Gasteiger partial charge in [-0.05, 0) is 42.2 Å². The molecule has 0 bridgehead atoms. The van der Waals surface area contributed by atoms with Crippen LogP contribution in [0, 0.1) is 6.92 Å². The Kier molecular flexibility index (Phi) is 6.88. The van der Waals surface area contributed by atoms with Crippen molar-refractivity contribution >= 4 is 11.8 Å². The Labute approximate surface area is 184 Å². The van der Waals surface area contributed by atoms with Crippen LogP contribution in [0.25, 0.3) is 0 Å². The zero-order chi connectivity index (χ0) is 22.6. The molecule has 0 saturated carbocycles. The fourth-order valence-electron chi connectivity index (χ4n) is 3.68. The summed E-state index contributed by atoms with van der Waals surface area (Å²) < 4.78 is 11.1. The number of benzene rings is 2. The van der Waals surface area contributed by atoms with Crippen molar-refractivity contribution in [3.8, 4) is 11.5 Å². The van der Waals surface area contributed by atoms with Crippen LogP contribution in [0.15, 0.2) is 42.5 Å². The standard InChI is InChI=1S/C25H32N2O4/c1-18-9-10-22(21(15-18)25(2,3)4)31-17-23(28)26-11-13-27(14-12-26)24(29)19-7-6-8-20(16-19)30-5/h6-10,15-16H,11-14,17H2,1-5H3. The largest absolute Gasteiger partial charge is 0.497 e. The Morgan fingerprint density at radius 3 is 2.29 bits per heavy atom. The molecule has 0 unspecified atom stereocenters. The molecule has 1 aliphatic heterocycles. The van der Waals surface area contributed by atoms with Crippen LogP contribution in [0.5, 0.6) is 11.5 Å². The molecule has 2 aromatic carbocycles. The van der Waals surface area contributed by atoms with Crippen LogP contribution in [-0.4, -0.2) is 61.5 Å². The third-order valence-corrected chi connectivity index (χ3v) is 5.53. The van der Waals surface area contributed by atoms with Gasteiger partial charge in [-0.1, -0.05) is 44.5 Å². The number of aryl methyl sites for hydroxylation is 1. The topological polar surface area (TPSA) is 59.1 Å². The highest BCUT2D eigenvalue weighted by Crippen LogP contribution is 2.32. The predicted octanol–water partition coefficient (Wildman–Crippen LogP) is 3.66. The molecular weight excluding hydrogens is 392 g/mol. The van der Waals surface area contributed by atoms with E-state index in [0.717, 1.165) is 11.3 Å². The lowest BCUT2D eigenvalue weighted by atomic mass is 9.85. The van der Waals surface area contributed by atoms with Gasteiger partial charge in [0, 0.05) is 31.7 Å². The minimum absolute atomic E-state index is 0.00400. The van der Waals surface area contributed by atoms with Gasteiger partial charge in [-0.3, -0.25) is 9.59 Å². The smallest absolute Gasteiger partial charge is 0.260 e. The van der Waals surface area contributed by atoms with E-state index in [1.165, 1.54) is 5.56 Å². The zero-order valence-electron chi connectivity index (χ0n) is 19.1. The number of carbonyl (C=O) groups excluding carboxylic acids is 2. The van der Waals surface area contributed by atoms with Crippen molar-refractivity contribution in [1.82, 2.24) is 9.80 Å². The van der Waals surface area contributed by atoms with Gasteiger partial charge in [-0.15, -0.1) is 0 Å². The highest BCUT2D eigenvalue weighted by Gasteiger charge is 2.26. The second-order valence-electron chi connectivity index (χ2n) is 8.94. The molecule has 1 heterocycles. The van der Waals surface area contributed by atoms with Crippen molar-refractivity contribution in [3.63, 3.8) is 0 Å². The van der Waals surface area contributed by atoms with Crippen molar-refractivity contribution in [2.75, 3.05) is 39.9 Å². The molecule has 3 rings (SSSR count). The van der Waals surface area contributed by atoms with Crippen molar-refractivity contribution in [1.29, 1.82) is 0 Å². The summed E-state index contributed by atoms with van der Waals surface area (Å²) in [5.41, 5.74) is 2.78. The average molecular weight is 425 g/mol. The van der Waals surface area contributed by atoms with Gasteiger partial charge in [0.1, 0.15) is 11.5 Å². The van der Waals surface area contributed by atoms with E-state index in [1.54, 1.807) is 35.1 Å². The van der Waals surface area contributed by atoms with Gasteiger partial charge in [0.25, 0.3) is 11.8 Å². The monoisotopic (exact) mass is 424 g/mol. The quantitative estimate of drug-likeness (QED) is 0.735. The van der Waals surface area contributed by atoms with Crippen LogP contribution in [0.2, 0.25) is 0 Å². The summed E-state index contributed by atoms with van der Waals surface area (Å²) >= 11 is 0. The van der Waals surface area contributed by atoms with Crippen LogP contribution in [-0.2, 0) is 10.2 Å². The van der Waals surface area contributed by atoms with E-state index < -0.39 is 0 Å². The van der Waals surface area contributed by atoms with E-state index in [2.05, 4.69) is 33.8 Å². The lowest BCUT2D eigenvalue weighted by Crippen LogP contribution is -2.51. The zero-order valence-corrected chi connectivity index (χ0v) is 19.1. The number of piperazine rings is 1. The number of amides is 2. The molecule has 2 amide bonds. The average Bonchev–Trinajstić information content (AvgIpc) is 2.77.